The molecule has 1 atom stereocenters. The fourth-order valence-electron chi connectivity index (χ4n) is 2.95. The van der Waals surface area contributed by atoms with Crippen molar-refractivity contribution in [3.05, 3.63) is 70.0 Å². The van der Waals surface area contributed by atoms with E-state index in [9.17, 15) is 9.50 Å². The van der Waals surface area contributed by atoms with Crippen LogP contribution in [0.4, 0.5) is 4.39 Å². The Kier molecular flexibility index (Phi) is 3.53. The van der Waals surface area contributed by atoms with Crippen molar-refractivity contribution in [1.29, 1.82) is 0 Å². The van der Waals surface area contributed by atoms with E-state index in [-0.39, 0.29) is 5.82 Å². The van der Waals surface area contributed by atoms with Crippen molar-refractivity contribution in [2.75, 3.05) is 0 Å². The minimum atomic E-state index is -0.796. The Morgan fingerprint density at radius 3 is 2.65 bits per heavy atom. The minimum Gasteiger partial charge on any atom is -0.389 e. The van der Waals surface area contributed by atoms with E-state index in [1.165, 1.54) is 23.3 Å². The van der Waals surface area contributed by atoms with Gasteiger partial charge in [0, 0.05) is 17.9 Å². The van der Waals surface area contributed by atoms with Gasteiger partial charge in [-0.1, -0.05) is 41.9 Å². The third-order valence-corrected chi connectivity index (χ3v) is 4.38. The molecule has 0 aliphatic heterocycles. The fourth-order valence-corrected chi connectivity index (χ4v) is 3.19. The Hall–Kier alpha value is -1.38. The molecule has 0 saturated carbocycles. The Balaban J connectivity index is 1.84. The number of aryl methyl sites for hydroxylation is 1. The summed E-state index contributed by atoms with van der Waals surface area (Å²) in [6, 6.07) is 12.6. The van der Waals surface area contributed by atoms with Gasteiger partial charge >= 0.3 is 0 Å². The highest BCUT2D eigenvalue weighted by molar-refractivity contribution is 6.31. The summed E-state index contributed by atoms with van der Waals surface area (Å²) in [5, 5.41) is 11.2. The summed E-state index contributed by atoms with van der Waals surface area (Å²) in [4.78, 5) is 0. The molecule has 1 aliphatic carbocycles. The first kappa shape index (κ1) is 13.6. The Morgan fingerprint density at radius 1 is 1.15 bits per heavy atom. The molecule has 1 unspecified atom stereocenters. The standard InChI is InChI=1S/C17H16ClFO/c18-16-9-15(19)6-5-14(16)11-17(20)8-7-12-3-1-2-4-13(12)10-17/h1-6,9,20H,7-8,10-11H2. The van der Waals surface area contributed by atoms with Gasteiger partial charge < -0.3 is 5.11 Å². The molecule has 2 aromatic carbocycles. The van der Waals surface area contributed by atoms with Crippen LogP contribution in [0.25, 0.3) is 0 Å². The summed E-state index contributed by atoms with van der Waals surface area (Å²) >= 11 is 6.06. The molecule has 0 spiro atoms. The van der Waals surface area contributed by atoms with Crippen LogP contribution >= 0.6 is 11.6 Å². The van der Waals surface area contributed by atoms with Crippen LogP contribution in [0.1, 0.15) is 23.1 Å². The van der Waals surface area contributed by atoms with Crippen LogP contribution < -0.4 is 0 Å². The zero-order valence-corrected chi connectivity index (χ0v) is 11.8. The fraction of sp³-hybridized carbons (Fsp3) is 0.294. The van der Waals surface area contributed by atoms with Crippen molar-refractivity contribution in [3.63, 3.8) is 0 Å². The number of rotatable bonds is 2. The highest BCUT2D eigenvalue weighted by Crippen LogP contribution is 2.33. The van der Waals surface area contributed by atoms with Crippen molar-refractivity contribution >= 4 is 11.6 Å². The maximum absolute atomic E-state index is 13.1. The lowest BCUT2D eigenvalue weighted by Crippen LogP contribution is -2.38. The Morgan fingerprint density at radius 2 is 1.90 bits per heavy atom. The number of fused-ring (bicyclic) bond motifs is 1. The monoisotopic (exact) mass is 290 g/mol. The van der Waals surface area contributed by atoms with Gasteiger partial charge in [0.2, 0.25) is 0 Å². The van der Waals surface area contributed by atoms with Crippen LogP contribution in [0.2, 0.25) is 5.02 Å². The summed E-state index contributed by atoms with van der Waals surface area (Å²) in [6.07, 6.45) is 2.65. The van der Waals surface area contributed by atoms with E-state index in [4.69, 9.17) is 11.6 Å². The highest BCUT2D eigenvalue weighted by atomic mass is 35.5. The van der Waals surface area contributed by atoms with Crippen molar-refractivity contribution < 1.29 is 9.50 Å². The number of hydrogen-bond acceptors (Lipinski definition) is 1. The molecule has 0 aromatic heterocycles. The molecule has 104 valence electrons. The highest BCUT2D eigenvalue weighted by Gasteiger charge is 2.32. The first-order valence-corrected chi connectivity index (χ1v) is 7.17. The second-order valence-corrected chi connectivity index (χ2v) is 5.99. The molecule has 3 rings (SSSR count). The van der Waals surface area contributed by atoms with E-state index in [0.717, 1.165) is 12.0 Å². The first-order valence-electron chi connectivity index (χ1n) is 6.79. The van der Waals surface area contributed by atoms with E-state index in [1.807, 2.05) is 12.1 Å². The molecule has 1 aliphatic rings. The zero-order chi connectivity index (χ0) is 14.2. The van der Waals surface area contributed by atoms with Crippen molar-refractivity contribution in [2.24, 2.45) is 0 Å². The van der Waals surface area contributed by atoms with Crippen LogP contribution in [0.15, 0.2) is 42.5 Å². The average Bonchev–Trinajstić information content (AvgIpc) is 2.42. The van der Waals surface area contributed by atoms with Gasteiger partial charge in [0.25, 0.3) is 0 Å². The van der Waals surface area contributed by atoms with Crippen molar-refractivity contribution in [1.82, 2.24) is 0 Å². The summed E-state index contributed by atoms with van der Waals surface area (Å²) in [7, 11) is 0. The van der Waals surface area contributed by atoms with Gasteiger partial charge in [0.15, 0.2) is 0 Å². The molecule has 2 aromatic rings. The summed E-state index contributed by atoms with van der Waals surface area (Å²) in [5.41, 5.74) is 2.51. The van der Waals surface area contributed by atoms with Gasteiger partial charge in [-0.15, -0.1) is 0 Å². The molecule has 0 fully saturated rings. The summed E-state index contributed by atoms with van der Waals surface area (Å²) in [6.45, 7) is 0. The quantitative estimate of drug-likeness (QED) is 0.888. The van der Waals surface area contributed by atoms with E-state index in [0.29, 0.717) is 24.3 Å². The second kappa shape index (κ2) is 5.19. The summed E-state index contributed by atoms with van der Waals surface area (Å²) < 4.78 is 13.1. The second-order valence-electron chi connectivity index (χ2n) is 5.58. The van der Waals surface area contributed by atoms with E-state index in [1.54, 1.807) is 6.07 Å². The molecule has 3 heteroatoms. The maximum Gasteiger partial charge on any atom is 0.124 e. The summed E-state index contributed by atoms with van der Waals surface area (Å²) in [5.74, 6) is -0.347. The molecule has 20 heavy (non-hydrogen) atoms. The number of aliphatic hydroxyl groups is 1. The van der Waals surface area contributed by atoms with Crippen molar-refractivity contribution in [2.45, 2.75) is 31.3 Å². The molecular weight excluding hydrogens is 275 g/mol. The predicted octanol–water partition coefficient (Wildman–Crippen LogP) is 3.94. The number of benzene rings is 2. The third kappa shape index (κ3) is 2.72. The van der Waals surface area contributed by atoms with E-state index in [2.05, 4.69) is 12.1 Å². The lowest BCUT2D eigenvalue weighted by Gasteiger charge is -2.34. The molecule has 1 nitrogen and oxygen atoms in total. The minimum absolute atomic E-state index is 0.347. The molecule has 0 amide bonds. The SMILES string of the molecule is OC1(Cc2ccc(F)cc2Cl)CCc2ccccc2C1. The van der Waals surface area contributed by atoms with Gasteiger partial charge in [-0.05, 0) is 41.7 Å². The molecule has 0 saturated heterocycles. The maximum atomic E-state index is 13.1. The average molecular weight is 291 g/mol. The van der Waals surface area contributed by atoms with Gasteiger partial charge in [-0.25, -0.2) is 4.39 Å². The topological polar surface area (TPSA) is 20.2 Å². The Bertz CT molecular complexity index is 641. The van der Waals surface area contributed by atoms with Crippen molar-refractivity contribution in [3.8, 4) is 0 Å². The molecule has 1 N–H and O–H groups in total. The first-order chi connectivity index (χ1) is 9.56. The van der Waals surface area contributed by atoms with Gasteiger partial charge in [-0.3, -0.25) is 0 Å². The van der Waals surface area contributed by atoms with Gasteiger partial charge in [0.1, 0.15) is 5.82 Å². The molecular formula is C17H16ClFO. The van der Waals surface area contributed by atoms with Crippen LogP contribution in [-0.2, 0) is 19.3 Å². The molecule has 0 bridgehead atoms. The molecule has 0 heterocycles. The zero-order valence-electron chi connectivity index (χ0n) is 11.1. The number of hydrogen-bond donors (Lipinski definition) is 1. The molecule has 0 radical (unpaired) electrons. The van der Waals surface area contributed by atoms with Gasteiger partial charge in [0.05, 0.1) is 5.60 Å². The van der Waals surface area contributed by atoms with E-state index >= 15 is 0 Å². The van der Waals surface area contributed by atoms with Gasteiger partial charge in [-0.2, -0.15) is 0 Å². The van der Waals surface area contributed by atoms with Crippen LogP contribution in [0.5, 0.6) is 0 Å². The smallest absolute Gasteiger partial charge is 0.124 e. The van der Waals surface area contributed by atoms with E-state index < -0.39 is 5.60 Å². The van der Waals surface area contributed by atoms with Crippen LogP contribution in [0, 0.1) is 5.82 Å². The van der Waals surface area contributed by atoms with Crippen LogP contribution in [0.3, 0.4) is 0 Å². The largest absolute Gasteiger partial charge is 0.389 e. The van der Waals surface area contributed by atoms with Crippen LogP contribution in [-0.4, -0.2) is 10.7 Å². The predicted molar refractivity (Wildman–Crippen MR) is 78.5 cm³/mol. The normalized spacial score (nSPS) is 21.6. The lowest BCUT2D eigenvalue weighted by atomic mass is 9.77. The number of halogens is 2. The lowest BCUT2D eigenvalue weighted by molar-refractivity contribution is 0.0267. The third-order valence-electron chi connectivity index (χ3n) is 4.03. The Labute approximate surface area is 123 Å².